The second-order valence-electron chi connectivity index (χ2n) is 5.08. The molecule has 1 N–H and O–H groups in total. The van der Waals surface area contributed by atoms with E-state index in [1.54, 1.807) is 44.4 Å². The number of benzene rings is 2. The minimum atomic E-state index is -0.600. The van der Waals surface area contributed by atoms with Gasteiger partial charge in [-0.15, -0.1) is 0 Å². The normalized spacial score (nSPS) is 10.1. The maximum atomic E-state index is 13.7. The Morgan fingerprint density at radius 3 is 2.38 bits per heavy atom. The van der Waals surface area contributed by atoms with Crippen LogP contribution in [0.2, 0.25) is 0 Å². The van der Waals surface area contributed by atoms with E-state index in [9.17, 15) is 14.0 Å². The molecule has 0 unspecified atom stereocenters. The zero-order valence-corrected chi connectivity index (χ0v) is 13.6. The molecule has 5 nitrogen and oxygen atoms in total. The van der Waals surface area contributed by atoms with Gasteiger partial charge in [-0.25, -0.2) is 4.39 Å². The molecular weight excluding hydrogens is 311 g/mol. The lowest BCUT2D eigenvalue weighted by Gasteiger charge is -2.20. The van der Waals surface area contributed by atoms with E-state index in [-0.39, 0.29) is 18.0 Å². The van der Waals surface area contributed by atoms with Crippen molar-refractivity contribution >= 4 is 17.5 Å². The summed E-state index contributed by atoms with van der Waals surface area (Å²) < 4.78 is 18.8. The van der Waals surface area contributed by atoms with Crippen molar-refractivity contribution < 1.29 is 18.7 Å². The first-order chi connectivity index (χ1) is 11.5. The van der Waals surface area contributed by atoms with E-state index < -0.39 is 11.7 Å². The van der Waals surface area contributed by atoms with E-state index in [4.69, 9.17) is 4.74 Å². The number of amides is 2. The van der Waals surface area contributed by atoms with Crippen LogP contribution in [0.3, 0.4) is 0 Å². The number of likely N-dealkylation sites (N-methyl/N-ethyl adjacent to an activating group) is 1. The number of hydrogen-bond donors (Lipinski definition) is 1. The second-order valence-corrected chi connectivity index (χ2v) is 5.08. The Labute approximate surface area is 140 Å². The van der Waals surface area contributed by atoms with Crippen LogP contribution in [-0.4, -0.2) is 36.9 Å². The van der Waals surface area contributed by atoms with E-state index in [1.165, 1.54) is 23.1 Å². The summed E-state index contributed by atoms with van der Waals surface area (Å²) >= 11 is 0. The summed E-state index contributed by atoms with van der Waals surface area (Å²) in [6.45, 7) is 1.87. The van der Waals surface area contributed by atoms with Crippen molar-refractivity contribution in [3.05, 3.63) is 59.9 Å². The molecule has 24 heavy (non-hydrogen) atoms. The van der Waals surface area contributed by atoms with Crippen LogP contribution in [0.15, 0.2) is 48.5 Å². The molecular formula is C18H19FN2O3. The Kier molecular flexibility index (Phi) is 5.89. The van der Waals surface area contributed by atoms with E-state index >= 15 is 0 Å². The molecule has 0 atom stereocenters. The van der Waals surface area contributed by atoms with E-state index in [0.29, 0.717) is 18.0 Å². The Morgan fingerprint density at radius 1 is 1.12 bits per heavy atom. The van der Waals surface area contributed by atoms with Gasteiger partial charge in [-0.2, -0.15) is 0 Å². The van der Waals surface area contributed by atoms with Crippen LogP contribution >= 0.6 is 0 Å². The van der Waals surface area contributed by atoms with Crippen molar-refractivity contribution in [2.24, 2.45) is 0 Å². The molecule has 0 bridgehead atoms. The lowest BCUT2D eigenvalue weighted by atomic mass is 10.2. The molecule has 0 aromatic heterocycles. The topological polar surface area (TPSA) is 58.6 Å². The fraction of sp³-hybridized carbons (Fsp3) is 0.222. The summed E-state index contributed by atoms with van der Waals surface area (Å²) in [5.74, 6) is -0.790. The molecule has 6 heteroatoms. The van der Waals surface area contributed by atoms with Gasteiger partial charge in [-0.05, 0) is 43.3 Å². The molecule has 0 saturated carbocycles. The number of anilines is 1. The Morgan fingerprint density at radius 2 is 1.79 bits per heavy atom. The molecule has 2 amide bonds. The number of rotatable bonds is 6. The van der Waals surface area contributed by atoms with Crippen molar-refractivity contribution in [3.8, 4) is 5.75 Å². The highest BCUT2D eigenvalue weighted by Crippen LogP contribution is 2.15. The standard InChI is InChI=1S/C18H19FN2O3/c1-3-21(18(23)15-6-4-5-7-16(15)19)12-17(22)20-13-8-10-14(24-2)11-9-13/h4-11H,3,12H2,1-2H3,(H,20,22). The van der Waals surface area contributed by atoms with Gasteiger partial charge >= 0.3 is 0 Å². The molecule has 0 aliphatic rings. The molecule has 0 fully saturated rings. The van der Waals surface area contributed by atoms with Crippen LogP contribution in [0.5, 0.6) is 5.75 Å². The fourth-order valence-corrected chi connectivity index (χ4v) is 2.18. The number of nitrogens with zero attached hydrogens (tertiary/aromatic N) is 1. The number of nitrogens with one attached hydrogen (secondary N) is 1. The third-order valence-corrected chi connectivity index (χ3v) is 3.48. The molecule has 0 saturated heterocycles. The zero-order valence-electron chi connectivity index (χ0n) is 13.6. The first kappa shape index (κ1) is 17.5. The third-order valence-electron chi connectivity index (χ3n) is 3.48. The van der Waals surface area contributed by atoms with E-state index in [0.717, 1.165) is 0 Å². The average Bonchev–Trinajstić information content (AvgIpc) is 2.60. The maximum absolute atomic E-state index is 13.7. The first-order valence-corrected chi connectivity index (χ1v) is 7.53. The minimum absolute atomic E-state index is 0.0448. The van der Waals surface area contributed by atoms with Gasteiger partial charge in [0.2, 0.25) is 5.91 Å². The Hall–Kier alpha value is -2.89. The minimum Gasteiger partial charge on any atom is -0.497 e. The summed E-state index contributed by atoms with van der Waals surface area (Å²) in [5, 5.41) is 2.70. The number of hydrogen-bond acceptors (Lipinski definition) is 3. The van der Waals surface area contributed by atoms with Crippen LogP contribution in [0.4, 0.5) is 10.1 Å². The number of methoxy groups -OCH3 is 1. The lowest BCUT2D eigenvalue weighted by Crippen LogP contribution is -2.38. The predicted octanol–water partition coefficient (Wildman–Crippen LogP) is 2.94. The van der Waals surface area contributed by atoms with Gasteiger partial charge in [0.25, 0.3) is 5.91 Å². The summed E-state index contributed by atoms with van der Waals surface area (Å²) in [6, 6.07) is 12.6. The van der Waals surface area contributed by atoms with Crippen molar-refractivity contribution in [1.82, 2.24) is 4.90 Å². The van der Waals surface area contributed by atoms with Crippen molar-refractivity contribution in [3.63, 3.8) is 0 Å². The van der Waals surface area contributed by atoms with E-state index in [2.05, 4.69) is 5.32 Å². The molecule has 0 aliphatic heterocycles. The molecule has 2 aromatic rings. The Balaban J connectivity index is 2.02. The van der Waals surface area contributed by atoms with Gasteiger partial charge in [0.15, 0.2) is 0 Å². The largest absolute Gasteiger partial charge is 0.497 e. The summed E-state index contributed by atoms with van der Waals surface area (Å²) in [6.07, 6.45) is 0. The SMILES string of the molecule is CCN(CC(=O)Nc1ccc(OC)cc1)C(=O)c1ccccc1F. The average molecular weight is 330 g/mol. The van der Waals surface area contributed by atoms with Crippen LogP contribution < -0.4 is 10.1 Å². The van der Waals surface area contributed by atoms with Gasteiger partial charge in [-0.1, -0.05) is 12.1 Å². The molecule has 0 radical (unpaired) electrons. The highest BCUT2D eigenvalue weighted by Gasteiger charge is 2.20. The van der Waals surface area contributed by atoms with Gasteiger partial charge < -0.3 is 15.0 Å². The number of carbonyl (C=O) groups excluding carboxylic acids is 2. The molecule has 0 aliphatic carbocycles. The van der Waals surface area contributed by atoms with Crippen LogP contribution in [0, 0.1) is 5.82 Å². The Bertz CT molecular complexity index is 716. The van der Waals surface area contributed by atoms with Crippen LogP contribution in [0.25, 0.3) is 0 Å². The number of ether oxygens (including phenoxy) is 1. The maximum Gasteiger partial charge on any atom is 0.257 e. The zero-order chi connectivity index (χ0) is 17.5. The highest BCUT2D eigenvalue weighted by molar-refractivity contribution is 5.99. The third kappa shape index (κ3) is 4.32. The summed E-state index contributed by atoms with van der Waals surface area (Å²) in [7, 11) is 1.56. The van der Waals surface area contributed by atoms with Crippen molar-refractivity contribution in [2.45, 2.75) is 6.92 Å². The van der Waals surface area contributed by atoms with Crippen molar-refractivity contribution in [2.75, 3.05) is 25.5 Å². The summed E-state index contributed by atoms with van der Waals surface area (Å²) in [4.78, 5) is 25.8. The number of carbonyl (C=O) groups is 2. The predicted molar refractivity (Wildman–Crippen MR) is 89.6 cm³/mol. The van der Waals surface area contributed by atoms with Crippen LogP contribution in [0.1, 0.15) is 17.3 Å². The molecule has 2 rings (SSSR count). The van der Waals surface area contributed by atoms with Gasteiger partial charge in [0.1, 0.15) is 18.1 Å². The lowest BCUT2D eigenvalue weighted by molar-refractivity contribution is -0.116. The molecule has 2 aromatic carbocycles. The second kappa shape index (κ2) is 8.10. The van der Waals surface area contributed by atoms with Gasteiger partial charge in [0.05, 0.1) is 12.7 Å². The smallest absolute Gasteiger partial charge is 0.257 e. The van der Waals surface area contributed by atoms with Gasteiger partial charge in [0, 0.05) is 12.2 Å². The van der Waals surface area contributed by atoms with Crippen molar-refractivity contribution in [1.29, 1.82) is 0 Å². The highest BCUT2D eigenvalue weighted by atomic mass is 19.1. The van der Waals surface area contributed by atoms with E-state index in [1.807, 2.05) is 0 Å². The van der Waals surface area contributed by atoms with Gasteiger partial charge in [-0.3, -0.25) is 9.59 Å². The monoisotopic (exact) mass is 330 g/mol. The fourth-order valence-electron chi connectivity index (χ4n) is 2.18. The first-order valence-electron chi connectivity index (χ1n) is 7.53. The van der Waals surface area contributed by atoms with Crippen LogP contribution in [-0.2, 0) is 4.79 Å². The molecule has 0 heterocycles. The number of halogens is 1. The molecule has 0 spiro atoms. The molecule has 126 valence electrons. The quantitative estimate of drug-likeness (QED) is 0.886. The summed E-state index contributed by atoms with van der Waals surface area (Å²) in [5.41, 5.74) is 0.548.